The van der Waals surface area contributed by atoms with Gasteiger partial charge in [-0.2, -0.15) is 0 Å². The zero-order valence-corrected chi connectivity index (χ0v) is 9.32. The molecular formula is C11H16O5. The van der Waals surface area contributed by atoms with E-state index in [0.717, 1.165) is 0 Å². The fourth-order valence-electron chi connectivity index (χ4n) is 2.10. The summed E-state index contributed by atoms with van der Waals surface area (Å²) in [5.41, 5.74) is -1.19. The van der Waals surface area contributed by atoms with Gasteiger partial charge in [-0.15, -0.1) is 0 Å². The number of ketones is 1. The van der Waals surface area contributed by atoms with Crippen molar-refractivity contribution >= 4 is 17.7 Å². The summed E-state index contributed by atoms with van der Waals surface area (Å²) in [4.78, 5) is 34.0. The van der Waals surface area contributed by atoms with Crippen molar-refractivity contribution < 1.29 is 24.2 Å². The van der Waals surface area contributed by atoms with Gasteiger partial charge in [0.05, 0.1) is 6.61 Å². The zero-order valence-electron chi connectivity index (χ0n) is 9.32. The highest BCUT2D eigenvalue weighted by atomic mass is 16.5. The molecule has 1 fully saturated rings. The Morgan fingerprint density at radius 3 is 2.62 bits per heavy atom. The summed E-state index contributed by atoms with van der Waals surface area (Å²) in [6.45, 7) is 1.88. The van der Waals surface area contributed by atoms with E-state index in [1.165, 1.54) is 0 Å². The van der Waals surface area contributed by atoms with Crippen molar-refractivity contribution in [2.75, 3.05) is 6.61 Å². The minimum Gasteiger partial charge on any atom is -0.481 e. The molecule has 0 aromatic heterocycles. The highest BCUT2D eigenvalue weighted by Gasteiger charge is 2.49. The van der Waals surface area contributed by atoms with E-state index in [1.807, 2.05) is 0 Å². The number of hydrogen-bond donors (Lipinski definition) is 1. The summed E-state index contributed by atoms with van der Waals surface area (Å²) in [7, 11) is 0. The Morgan fingerprint density at radius 2 is 2.19 bits per heavy atom. The van der Waals surface area contributed by atoms with Gasteiger partial charge in [0, 0.05) is 12.8 Å². The molecule has 1 rings (SSSR count). The second-order valence-corrected chi connectivity index (χ2v) is 3.97. The number of rotatable bonds is 5. The van der Waals surface area contributed by atoms with Crippen LogP contribution in [-0.2, 0) is 19.1 Å². The lowest BCUT2D eigenvalue weighted by atomic mass is 9.80. The van der Waals surface area contributed by atoms with E-state index in [4.69, 9.17) is 9.84 Å². The van der Waals surface area contributed by atoms with Gasteiger partial charge in [-0.05, 0) is 26.2 Å². The molecule has 0 aliphatic heterocycles. The number of carboxylic acid groups (broad SMARTS) is 1. The Labute approximate surface area is 93.8 Å². The number of hydrogen-bond acceptors (Lipinski definition) is 4. The molecule has 1 saturated carbocycles. The zero-order chi connectivity index (χ0) is 12.2. The first kappa shape index (κ1) is 12.7. The van der Waals surface area contributed by atoms with Crippen molar-refractivity contribution in [1.82, 2.24) is 0 Å². The van der Waals surface area contributed by atoms with Crippen molar-refractivity contribution in [3.63, 3.8) is 0 Å². The molecular weight excluding hydrogens is 212 g/mol. The lowest BCUT2D eigenvalue weighted by Gasteiger charge is -2.23. The second kappa shape index (κ2) is 5.09. The van der Waals surface area contributed by atoms with Crippen LogP contribution in [0.5, 0.6) is 0 Å². The van der Waals surface area contributed by atoms with E-state index in [0.29, 0.717) is 19.3 Å². The molecule has 1 atom stereocenters. The van der Waals surface area contributed by atoms with Crippen LogP contribution in [0.2, 0.25) is 0 Å². The molecule has 0 radical (unpaired) electrons. The number of carboxylic acids is 1. The van der Waals surface area contributed by atoms with E-state index in [9.17, 15) is 14.4 Å². The highest BCUT2D eigenvalue weighted by Crippen LogP contribution is 2.40. The average Bonchev–Trinajstić information content (AvgIpc) is 2.58. The molecule has 16 heavy (non-hydrogen) atoms. The summed E-state index contributed by atoms with van der Waals surface area (Å²) in [6, 6.07) is 0. The largest absolute Gasteiger partial charge is 0.481 e. The van der Waals surface area contributed by atoms with Crippen LogP contribution in [0.4, 0.5) is 0 Å². The van der Waals surface area contributed by atoms with Gasteiger partial charge in [-0.1, -0.05) is 0 Å². The van der Waals surface area contributed by atoms with Gasteiger partial charge < -0.3 is 9.84 Å². The third-order valence-electron chi connectivity index (χ3n) is 2.97. The third kappa shape index (κ3) is 2.40. The van der Waals surface area contributed by atoms with E-state index in [-0.39, 0.29) is 25.2 Å². The van der Waals surface area contributed by atoms with Crippen LogP contribution in [0.3, 0.4) is 0 Å². The molecule has 1 N–H and O–H groups in total. The van der Waals surface area contributed by atoms with Crippen LogP contribution in [0.1, 0.15) is 39.0 Å². The number of esters is 1. The molecule has 0 aromatic carbocycles. The Bertz CT molecular complexity index is 309. The van der Waals surface area contributed by atoms with Gasteiger partial charge >= 0.3 is 11.9 Å². The first-order valence-electron chi connectivity index (χ1n) is 5.45. The van der Waals surface area contributed by atoms with Gasteiger partial charge in [-0.25, -0.2) is 0 Å². The van der Waals surface area contributed by atoms with Crippen molar-refractivity contribution in [1.29, 1.82) is 0 Å². The normalized spacial score (nSPS) is 24.4. The minimum absolute atomic E-state index is 0.0556. The number of carbonyl (C=O) groups excluding carboxylic acids is 2. The standard InChI is InChI=1S/C11H16O5/c1-2-16-10(15)11(7-5-9(13)14)6-3-4-8(11)12/h2-7H2,1H3,(H,13,14)/t11-/m0/s1. The molecule has 5 heteroatoms. The third-order valence-corrected chi connectivity index (χ3v) is 2.97. The number of Topliss-reactive ketones (excluding diaryl/α,β-unsaturated/α-hetero) is 1. The second-order valence-electron chi connectivity index (χ2n) is 3.97. The highest BCUT2D eigenvalue weighted by molar-refractivity contribution is 6.05. The SMILES string of the molecule is CCOC(=O)[C@]1(CCC(=O)O)CCCC1=O. The monoisotopic (exact) mass is 228 g/mol. The predicted molar refractivity (Wildman–Crippen MR) is 54.8 cm³/mol. The summed E-state index contributed by atoms with van der Waals surface area (Å²) in [5, 5.41) is 8.62. The van der Waals surface area contributed by atoms with Gasteiger partial charge in [0.15, 0.2) is 0 Å². The quantitative estimate of drug-likeness (QED) is 0.564. The van der Waals surface area contributed by atoms with E-state index in [1.54, 1.807) is 6.92 Å². The summed E-state index contributed by atoms with van der Waals surface area (Å²) >= 11 is 0. The van der Waals surface area contributed by atoms with Gasteiger partial charge in [0.2, 0.25) is 0 Å². The van der Waals surface area contributed by atoms with Gasteiger partial charge in [-0.3, -0.25) is 14.4 Å². The molecule has 1 aliphatic rings. The van der Waals surface area contributed by atoms with Crippen LogP contribution in [0.15, 0.2) is 0 Å². The van der Waals surface area contributed by atoms with Crippen LogP contribution >= 0.6 is 0 Å². The molecule has 0 heterocycles. The van der Waals surface area contributed by atoms with Crippen LogP contribution in [0.25, 0.3) is 0 Å². The molecule has 0 bridgehead atoms. The molecule has 5 nitrogen and oxygen atoms in total. The molecule has 1 aliphatic carbocycles. The van der Waals surface area contributed by atoms with Crippen LogP contribution in [-0.4, -0.2) is 29.4 Å². The molecule has 0 amide bonds. The fourth-order valence-corrected chi connectivity index (χ4v) is 2.10. The maximum atomic E-state index is 11.8. The van der Waals surface area contributed by atoms with Gasteiger partial charge in [0.25, 0.3) is 0 Å². The van der Waals surface area contributed by atoms with E-state index < -0.39 is 17.4 Å². The fraction of sp³-hybridized carbons (Fsp3) is 0.727. The Balaban J connectivity index is 2.80. The summed E-state index contributed by atoms with van der Waals surface area (Å²) in [5.74, 6) is -1.73. The van der Waals surface area contributed by atoms with E-state index >= 15 is 0 Å². The van der Waals surface area contributed by atoms with Crippen molar-refractivity contribution in [3.8, 4) is 0 Å². The smallest absolute Gasteiger partial charge is 0.319 e. The van der Waals surface area contributed by atoms with Gasteiger partial charge in [0.1, 0.15) is 11.2 Å². The minimum atomic E-state index is -1.19. The maximum Gasteiger partial charge on any atom is 0.319 e. The number of ether oxygens (including phenoxy) is 1. The van der Waals surface area contributed by atoms with Crippen molar-refractivity contribution in [2.45, 2.75) is 39.0 Å². The maximum absolute atomic E-state index is 11.8. The van der Waals surface area contributed by atoms with Crippen molar-refractivity contribution in [3.05, 3.63) is 0 Å². The molecule has 0 unspecified atom stereocenters. The van der Waals surface area contributed by atoms with Crippen LogP contribution < -0.4 is 0 Å². The number of carbonyl (C=O) groups is 3. The first-order valence-corrected chi connectivity index (χ1v) is 5.45. The van der Waals surface area contributed by atoms with Crippen LogP contribution in [0, 0.1) is 5.41 Å². The average molecular weight is 228 g/mol. The van der Waals surface area contributed by atoms with E-state index in [2.05, 4.69) is 0 Å². The number of aliphatic carboxylic acids is 1. The molecule has 0 saturated heterocycles. The molecule has 0 aromatic rings. The Kier molecular flexibility index (Phi) is 4.04. The first-order chi connectivity index (χ1) is 7.53. The summed E-state index contributed by atoms with van der Waals surface area (Å²) < 4.78 is 4.88. The lowest BCUT2D eigenvalue weighted by molar-refractivity contribution is -0.159. The molecule has 0 spiro atoms. The molecule has 90 valence electrons. The van der Waals surface area contributed by atoms with Crippen molar-refractivity contribution in [2.24, 2.45) is 5.41 Å². The summed E-state index contributed by atoms with van der Waals surface area (Å²) in [6.07, 6.45) is 1.28. The Hall–Kier alpha value is -1.39. The topological polar surface area (TPSA) is 80.7 Å². The Morgan fingerprint density at radius 1 is 1.50 bits per heavy atom. The predicted octanol–water partition coefficient (Wildman–Crippen LogP) is 1.15. The lowest BCUT2D eigenvalue weighted by Crippen LogP contribution is -2.37.